The Bertz CT molecular complexity index is 470. The van der Waals surface area contributed by atoms with Crippen molar-refractivity contribution in [2.75, 3.05) is 18.0 Å². The molecule has 1 aliphatic carbocycles. The Morgan fingerprint density at radius 1 is 1.32 bits per heavy atom. The Kier molecular flexibility index (Phi) is 3.42. The van der Waals surface area contributed by atoms with Crippen molar-refractivity contribution in [2.24, 2.45) is 5.73 Å². The Labute approximate surface area is 114 Å². The third-order valence-corrected chi connectivity index (χ3v) is 4.02. The van der Waals surface area contributed by atoms with E-state index in [-0.39, 0.29) is 11.9 Å². The van der Waals surface area contributed by atoms with Crippen molar-refractivity contribution in [2.45, 2.75) is 37.8 Å². The first kappa shape index (κ1) is 12.5. The van der Waals surface area contributed by atoms with Gasteiger partial charge in [0.05, 0.1) is 6.54 Å². The summed E-state index contributed by atoms with van der Waals surface area (Å²) in [4.78, 5) is 14.2. The second-order valence-corrected chi connectivity index (χ2v) is 5.53. The van der Waals surface area contributed by atoms with Gasteiger partial charge in [-0.05, 0) is 37.3 Å². The molecule has 1 unspecified atom stereocenters. The summed E-state index contributed by atoms with van der Waals surface area (Å²) in [7, 11) is 0. The highest BCUT2D eigenvalue weighted by Crippen LogP contribution is 2.30. The second kappa shape index (κ2) is 5.21. The van der Waals surface area contributed by atoms with Gasteiger partial charge in [-0.25, -0.2) is 0 Å². The molecule has 1 atom stereocenters. The number of aryl methyl sites for hydroxylation is 1. The molecule has 1 heterocycles. The predicted molar refractivity (Wildman–Crippen MR) is 76.1 cm³/mol. The Morgan fingerprint density at radius 3 is 2.84 bits per heavy atom. The van der Waals surface area contributed by atoms with Crippen LogP contribution < -0.4 is 16.0 Å². The molecule has 1 aromatic carbocycles. The number of anilines is 1. The van der Waals surface area contributed by atoms with Crippen LogP contribution in [0.15, 0.2) is 24.3 Å². The fraction of sp³-hybridized carbons (Fsp3) is 0.533. The number of nitrogens with zero attached hydrogens (tertiary/aromatic N) is 1. The Morgan fingerprint density at radius 2 is 2.11 bits per heavy atom. The molecule has 1 amide bonds. The van der Waals surface area contributed by atoms with Crippen molar-refractivity contribution in [1.82, 2.24) is 5.32 Å². The van der Waals surface area contributed by atoms with E-state index in [1.165, 1.54) is 11.3 Å². The van der Waals surface area contributed by atoms with Crippen molar-refractivity contribution < 1.29 is 4.79 Å². The van der Waals surface area contributed by atoms with Gasteiger partial charge >= 0.3 is 0 Å². The van der Waals surface area contributed by atoms with Crippen LogP contribution in [0.4, 0.5) is 5.69 Å². The lowest BCUT2D eigenvalue weighted by Crippen LogP contribution is -2.49. The fourth-order valence-corrected chi connectivity index (χ4v) is 2.79. The second-order valence-electron chi connectivity index (χ2n) is 5.53. The summed E-state index contributed by atoms with van der Waals surface area (Å²) >= 11 is 0. The summed E-state index contributed by atoms with van der Waals surface area (Å²) in [6, 6.07) is 9.03. The van der Waals surface area contributed by atoms with Gasteiger partial charge in [0.15, 0.2) is 0 Å². The monoisotopic (exact) mass is 259 g/mol. The maximum atomic E-state index is 12.0. The van der Waals surface area contributed by atoms with E-state index >= 15 is 0 Å². The first-order valence-electron chi connectivity index (χ1n) is 7.12. The molecule has 0 aromatic heterocycles. The fourth-order valence-electron chi connectivity index (χ4n) is 2.79. The summed E-state index contributed by atoms with van der Waals surface area (Å²) in [5, 5.41) is 3.06. The Balaban J connectivity index is 1.77. The van der Waals surface area contributed by atoms with Crippen molar-refractivity contribution in [1.29, 1.82) is 0 Å². The molecule has 1 fully saturated rings. The van der Waals surface area contributed by atoms with Crippen molar-refractivity contribution in [3.63, 3.8) is 0 Å². The number of nitrogens with two attached hydrogens (primary N) is 1. The summed E-state index contributed by atoms with van der Waals surface area (Å²) in [6.07, 6.45) is 4.34. The third kappa shape index (κ3) is 2.73. The Hall–Kier alpha value is -1.55. The van der Waals surface area contributed by atoms with E-state index in [1.54, 1.807) is 0 Å². The van der Waals surface area contributed by atoms with Crippen LogP contribution >= 0.6 is 0 Å². The molecule has 0 radical (unpaired) electrons. The molecule has 1 aliphatic heterocycles. The normalized spacial score (nSPS) is 21.9. The van der Waals surface area contributed by atoms with E-state index in [1.807, 2.05) is 6.07 Å². The van der Waals surface area contributed by atoms with Crippen LogP contribution in [-0.2, 0) is 11.2 Å². The minimum absolute atomic E-state index is 0.123. The molecule has 3 N–H and O–H groups in total. The zero-order valence-electron chi connectivity index (χ0n) is 11.1. The highest BCUT2D eigenvalue weighted by atomic mass is 16.2. The minimum Gasteiger partial charge on any atom is -0.358 e. The molecule has 1 saturated carbocycles. The van der Waals surface area contributed by atoms with Gasteiger partial charge in [-0.1, -0.05) is 18.2 Å². The smallest absolute Gasteiger partial charge is 0.239 e. The van der Waals surface area contributed by atoms with Crippen LogP contribution in [0.2, 0.25) is 0 Å². The highest BCUT2D eigenvalue weighted by molar-refractivity contribution is 5.82. The van der Waals surface area contributed by atoms with Gasteiger partial charge in [-0.15, -0.1) is 0 Å². The lowest BCUT2D eigenvalue weighted by molar-refractivity contribution is -0.120. The molecule has 2 aliphatic rings. The zero-order valence-corrected chi connectivity index (χ0v) is 11.1. The molecule has 19 heavy (non-hydrogen) atoms. The zero-order chi connectivity index (χ0) is 13.2. The standard InChI is InChI=1S/C15H21N3O/c16-9-13-8-5-11-3-1-2-4-14(11)18(13)10-15(19)17-12-6-7-12/h1-4,12-13H,5-10,16H2,(H,17,19). The van der Waals surface area contributed by atoms with E-state index in [2.05, 4.69) is 28.4 Å². The first-order valence-corrected chi connectivity index (χ1v) is 7.12. The van der Waals surface area contributed by atoms with Crippen LogP contribution in [0.5, 0.6) is 0 Å². The summed E-state index contributed by atoms with van der Waals surface area (Å²) in [5.74, 6) is 0.123. The largest absolute Gasteiger partial charge is 0.358 e. The van der Waals surface area contributed by atoms with Crippen LogP contribution in [0, 0.1) is 0 Å². The number of hydrogen-bond donors (Lipinski definition) is 2. The lowest BCUT2D eigenvalue weighted by Gasteiger charge is -2.38. The van der Waals surface area contributed by atoms with Gasteiger partial charge in [0.25, 0.3) is 0 Å². The van der Waals surface area contributed by atoms with Gasteiger partial charge in [0, 0.05) is 24.3 Å². The average Bonchev–Trinajstić information content (AvgIpc) is 3.23. The van der Waals surface area contributed by atoms with Crippen LogP contribution in [0.1, 0.15) is 24.8 Å². The number of carbonyl (C=O) groups is 1. The number of nitrogens with one attached hydrogen (secondary N) is 1. The van der Waals surface area contributed by atoms with E-state index in [4.69, 9.17) is 5.73 Å². The van der Waals surface area contributed by atoms with E-state index in [0.717, 1.165) is 25.7 Å². The number of rotatable bonds is 4. The van der Waals surface area contributed by atoms with Gasteiger partial charge in [-0.3, -0.25) is 4.79 Å². The van der Waals surface area contributed by atoms with Crippen LogP contribution in [0.25, 0.3) is 0 Å². The molecule has 102 valence electrons. The summed E-state index contributed by atoms with van der Waals surface area (Å²) in [5.41, 5.74) is 8.37. The van der Waals surface area contributed by atoms with Crippen LogP contribution in [0.3, 0.4) is 0 Å². The van der Waals surface area contributed by atoms with Crippen LogP contribution in [-0.4, -0.2) is 31.1 Å². The topological polar surface area (TPSA) is 58.4 Å². The van der Waals surface area contributed by atoms with E-state index in [9.17, 15) is 4.79 Å². The summed E-state index contributed by atoms with van der Waals surface area (Å²) in [6.45, 7) is 1.03. The first-order chi connectivity index (χ1) is 9.28. The quantitative estimate of drug-likeness (QED) is 0.849. The number of hydrogen-bond acceptors (Lipinski definition) is 3. The van der Waals surface area contributed by atoms with E-state index in [0.29, 0.717) is 19.1 Å². The number of fused-ring (bicyclic) bond motifs is 1. The molecular formula is C15H21N3O. The number of benzene rings is 1. The van der Waals surface area contributed by atoms with Gasteiger partial charge in [0.1, 0.15) is 0 Å². The summed E-state index contributed by atoms with van der Waals surface area (Å²) < 4.78 is 0. The highest BCUT2D eigenvalue weighted by Gasteiger charge is 2.29. The van der Waals surface area contributed by atoms with E-state index < -0.39 is 0 Å². The average molecular weight is 259 g/mol. The molecule has 4 nitrogen and oxygen atoms in total. The molecule has 1 aromatic rings. The minimum atomic E-state index is 0.123. The molecule has 0 spiro atoms. The van der Waals surface area contributed by atoms with Gasteiger partial charge < -0.3 is 16.0 Å². The molecule has 4 heteroatoms. The van der Waals surface area contributed by atoms with Crippen molar-refractivity contribution in [3.05, 3.63) is 29.8 Å². The molecule has 0 bridgehead atoms. The van der Waals surface area contributed by atoms with Crippen molar-refractivity contribution >= 4 is 11.6 Å². The van der Waals surface area contributed by atoms with Crippen molar-refractivity contribution in [3.8, 4) is 0 Å². The number of para-hydroxylation sites is 1. The molecule has 3 rings (SSSR count). The number of amides is 1. The number of carbonyl (C=O) groups excluding carboxylic acids is 1. The third-order valence-electron chi connectivity index (χ3n) is 4.02. The lowest BCUT2D eigenvalue weighted by atomic mass is 9.95. The van der Waals surface area contributed by atoms with Gasteiger partial charge in [-0.2, -0.15) is 0 Å². The molecule has 0 saturated heterocycles. The molecular weight excluding hydrogens is 238 g/mol. The predicted octanol–water partition coefficient (Wildman–Crippen LogP) is 1.05. The maximum Gasteiger partial charge on any atom is 0.239 e. The maximum absolute atomic E-state index is 12.0. The van der Waals surface area contributed by atoms with Gasteiger partial charge in [0.2, 0.25) is 5.91 Å². The SMILES string of the molecule is NCC1CCc2ccccc2N1CC(=O)NC1CC1.